The van der Waals surface area contributed by atoms with Gasteiger partial charge in [-0.2, -0.15) is 0 Å². The summed E-state index contributed by atoms with van der Waals surface area (Å²) in [6, 6.07) is 5.10. The van der Waals surface area contributed by atoms with Crippen molar-refractivity contribution in [3.05, 3.63) is 35.6 Å². The Morgan fingerprint density at radius 2 is 2.26 bits per heavy atom. The van der Waals surface area contributed by atoms with Crippen LogP contribution in [-0.4, -0.2) is 49.3 Å². The number of likely N-dealkylation sites (N-methyl/N-ethyl adjacent to an activating group) is 1. The molecule has 0 heterocycles. The Balaban J connectivity index is 2.69. The molecular formula is C13H19FN2O3. The molecule has 1 amide bonds. The number of aliphatic hydroxyl groups excluding tert-OH is 1. The van der Waals surface area contributed by atoms with Crippen LogP contribution in [0.5, 0.6) is 0 Å². The number of carbonyl (C=O) groups is 1. The van der Waals surface area contributed by atoms with E-state index in [0.29, 0.717) is 18.7 Å². The Hall–Kier alpha value is -1.50. The van der Waals surface area contributed by atoms with Crippen LogP contribution in [0.2, 0.25) is 0 Å². The minimum Gasteiger partial charge on any atom is -0.394 e. The highest BCUT2D eigenvalue weighted by Gasteiger charge is 2.22. The van der Waals surface area contributed by atoms with Gasteiger partial charge in [0.2, 0.25) is 5.91 Å². The lowest BCUT2D eigenvalue weighted by atomic mass is 10.1. The van der Waals surface area contributed by atoms with Gasteiger partial charge in [0.25, 0.3) is 0 Å². The molecule has 0 aromatic heterocycles. The Bertz CT molecular complexity index is 415. The lowest BCUT2D eigenvalue weighted by Crippen LogP contribution is -2.37. The Morgan fingerprint density at radius 1 is 1.53 bits per heavy atom. The van der Waals surface area contributed by atoms with Crippen LogP contribution in [0.4, 0.5) is 4.39 Å². The van der Waals surface area contributed by atoms with Crippen LogP contribution in [0.25, 0.3) is 0 Å². The largest absolute Gasteiger partial charge is 0.394 e. The van der Waals surface area contributed by atoms with Crippen molar-refractivity contribution in [2.45, 2.75) is 6.04 Å². The molecule has 0 bridgehead atoms. The van der Waals surface area contributed by atoms with Gasteiger partial charge in [-0.05, 0) is 24.7 Å². The van der Waals surface area contributed by atoms with Crippen LogP contribution in [0.15, 0.2) is 24.3 Å². The van der Waals surface area contributed by atoms with Crippen molar-refractivity contribution in [2.24, 2.45) is 5.73 Å². The number of ether oxygens (including phenoxy) is 1. The number of nitrogens with zero attached hydrogens (tertiary/aromatic N) is 1. The molecule has 3 N–H and O–H groups in total. The van der Waals surface area contributed by atoms with Gasteiger partial charge < -0.3 is 15.6 Å². The number of carbonyl (C=O) groups excluding carboxylic acids is 1. The molecule has 0 radical (unpaired) electrons. The number of amides is 1. The molecule has 0 saturated heterocycles. The van der Waals surface area contributed by atoms with E-state index in [1.165, 1.54) is 18.2 Å². The number of benzene rings is 1. The van der Waals surface area contributed by atoms with Crippen molar-refractivity contribution in [3.8, 4) is 0 Å². The summed E-state index contributed by atoms with van der Waals surface area (Å²) < 4.78 is 18.3. The molecule has 1 rings (SSSR count). The molecule has 0 aliphatic rings. The highest BCUT2D eigenvalue weighted by molar-refractivity contribution is 5.81. The molecule has 5 nitrogen and oxygen atoms in total. The molecule has 0 fully saturated rings. The van der Waals surface area contributed by atoms with Gasteiger partial charge in [-0.3, -0.25) is 9.69 Å². The Labute approximate surface area is 111 Å². The number of aliphatic hydroxyl groups is 1. The molecule has 1 atom stereocenters. The Morgan fingerprint density at radius 3 is 2.84 bits per heavy atom. The maximum Gasteiger partial charge on any atom is 0.239 e. The smallest absolute Gasteiger partial charge is 0.239 e. The number of rotatable bonds is 8. The van der Waals surface area contributed by atoms with E-state index < -0.39 is 17.8 Å². The van der Waals surface area contributed by atoms with Crippen LogP contribution < -0.4 is 5.73 Å². The minimum absolute atomic E-state index is 0.0488. The normalized spacial score (nSPS) is 12.6. The summed E-state index contributed by atoms with van der Waals surface area (Å²) in [4.78, 5) is 13.2. The molecule has 106 valence electrons. The van der Waals surface area contributed by atoms with Crippen LogP contribution in [0.1, 0.15) is 11.6 Å². The van der Waals surface area contributed by atoms with Crippen molar-refractivity contribution in [1.29, 1.82) is 0 Å². The number of halogens is 1. The van der Waals surface area contributed by atoms with Gasteiger partial charge in [0, 0.05) is 6.54 Å². The highest BCUT2D eigenvalue weighted by Crippen LogP contribution is 2.19. The van der Waals surface area contributed by atoms with Gasteiger partial charge in [-0.25, -0.2) is 4.39 Å². The van der Waals surface area contributed by atoms with Crippen LogP contribution in [0, 0.1) is 5.82 Å². The second-order valence-electron chi connectivity index (χ2n) is 4.18. The van der Waals surface area contributed by atoms with E-state index in [-0.39, 0.29) is 13.2 Å². The van der Waals surface area contributed by atoms with Crippen molar-refractivity contribution in [2.75, 3.05) is 33.4 Å². The van der Waals surface area contributed by atoms with Crippen LogP contribution in [0.3, 0.4) is 0 Å². The molecule has 19 heavy (non-hydrogen) atoms. The third-order valence-corrected chi connectivity index (χ3v) is 2.70. The molecular weight excluding hydrogens is 251 g/mol. The summed E-state index contributed by atoms with van der Waals surface area (Å²) in [7, 11) is 1.71. The van der Waals surface area contributed by atoms with Crippen molar-refractivity contribution < 1.29 is 19.0 Å². The first-order valence-electron chi connectivity index (χ1n) is 6.00. The van der Waals surface area contributed by atoms with Gasteiger partial charge >= 0.3 is 0 Å². The summed E-state index contributed by atoms with van der Waals surface area (Å²) in [6.45, 7) is 1.00. The fraction of sp³-hybridized carbons (Fsp3) is 0.462. The SMILES string of the molecule is CN(CCOCCO)C(C(N)=O)c1cccc(F)c1. The van der Waals surface area contributed by atoms with E-state index in [0.717, 1.165) is 0 Å². The summed E-state index contributed by atoms with van der Waals surface area (Å²) in [5, 5.41) is 8.58. The predicted octanol–water partition coefficient (Wildman–Crippen LogP) is 0.293. The Kier molecular flexibility index (Phi) is 6.41. The van der Waals surface area contributed by atoms with Gasteiger partial charge in [0.1, 0.15) is 11.9 Å². The zero-order chi connectivity index (χ0) is 14.3. The van der Waals surface area contributed by atoms with E-state index in [1.54, 1.807) is 18.0 Å². The topological polar surface area (TPSA) is 75.8 Å². The predicted molar refractivity (Wildman–Crippen MR) is 68.9 cm³/mol. The second kappa shape index (κ2) is 7.83. The fourth-order valence-corrected chi connectivity index (χ4v) is 1.82. The van der Waals surface area contributed by atoms with Gasteiger partial charge in [-0.1, -0.05) is 12.1 Å². The number of hydrogen-bond donors (Lipinski definition) is 2. The zero-order valence-electron chi connectivity index (χ0n) is 10.9. The maximum absolute atomic E-state index is 13.2. The van der Waals surface area contributed by atoms with E-state index in [4.69, 9.17) is 15.6 Å². The van der Waals surface area contributed by atoms with E-state index in [1.807, 2.05) is 0 Å². The summed E-state index contributed by atoms with van der Waals surface area (Å²) in [6.07, 6.45) is 0. The molecule has 1 aromatic carbocycles. The summed E-state index contributed by atoms with van der Waals surface area (Å²) >= 11 is 0. The van der Waals surface area contributed by atoms with Gasteiger partial charge in [-0.15, -0.1) is 0 Å². The highest BCUT2D eigenvalue weighted by atomic mass is 19.1. The number of nitrogens with two attached hydrogens (primary N) is 1. The monoisotopic (exact) mass is 270 g/mol. The average molecular weight is 270 g/mol. The average Bonchev–Trinajstić information content (AvgIpc) is 2.34. The first-order chi connectivity index (χ1) is 9.06. The molecule has 1 unspecified atom stereocenters. The van der Waals surface area contributed by atoms with Crippen LogP contribution in [-0.2, 0) is 9.53 Å². The van der Waals surface area contributed by atoms with Crippen LogP contribution >= 0.6 is 0 Å². The maximum atomic E-state index is 13.2. The first kappa shape index (κ1) is 15.6. The van der Waals surface area contributed by atoms with Gasteiger partial charge in [0.15, 0.2) is 0 Å². The summed E-state index contributed by atoms with van der Waals surface area (Å²) in [5.41, 5.74) is 5.88. The third kappa shape index (κ3) is 4.94. The standard InChI is InChI=1S/C13H19FN2O3/c1-16(5-7-19-8-6-17)12(13(15)18)10-3-2-4-11(14)9-10/h2-4,9,12,17H,5-8H2,1H3,(H2,15,18). The number of primary amides is 1. The zero-order valence-corrected chi connectivity index (χ0v) is 10.9. The molecule has 0 spiro atoms. The van der Waals surface area contributed by atoms with Crippen molar-refractivity contribution in [3.63, 3.8) is 0 Å². The molecule has 0 saturated carbocycles. The molecule has 0 aliphatic heterocycles. The van der Waals surface area contributed by atoms with E-state index in [9.17, 15) is 9.18 Å². The van der Waals surface area contributed by atoms with E-state index >= 15 is 0 Å². The molecule has 0 aliphatic carbocycles. The first-order valence-corrected chi connectivity index (χ1v) is 6.00. The summed E-state index contributed by atoms with van der Waals surface area (Å²) in [5.74, 6) is -0.955. The lowest BCUT2D eigenvalue weighted by molar-refractivity contribution is -0.123. The number of hydrogen-bond acceptors (Lipinski definition) is 4. The molecule has 1 aromatic rings. The quantitative estimate of drug-likeness (QED) is 0.666. The fourth-order valence-electron chi connectivity index (χ4n) is 1.82. The van der Waals surface area contributed by atoms with Crippen molar-refractivity contribution in [1.82, 2.24) is 4.90 Å². The minimum atomic E-state index is -0.701. The lowest BCUT2D eigenvalue weighted by Gasteiger charge is -2.25. The van der Waals surface area contributed by atoms with Crippen molar-refractivity contribution >= 4 is 5.91 Å². The third-order valence-electron chi connectivity index (χ3n) is 2.70. The second-order valence-corrected chi connectivity index (χ2v) is 4.18. The van der Waals surface area contributed by atoms with E-state index in [2.05, 4.69) is 0 Å². The van der Waals surface area contributed by atoms with Gasteiger partial charge in [0.05, 0.1) is 19.8 Å². The molecule has 6 heteroatoms.